The van der Waals surface area contributed by atoms with Gasteiger partial charge in [0.1, 0.15) is 11.6 Å². The van der Waals surface area contributed by atoms with E-state index in [2.05, 4.69) is 18.1 Å². The molecule has 1 aliphatic rings. The third kappa shape index (κ3) is 3.53. The van der Waals surface area contributed by atoms with Gasteiger partial charge in [0.2, 0.25) is 0 Å². The Hall–Kier alpha value is -2.17. The van der Waals surface area contributed by atoms with Gasteiger partial charge in [0, 0.05) is 35.1 Å². The molecule has 1 fully saturated rings. The molecule has 1 aliphatic carbocycles. The van der Waals surface area contributed by atoms with E-state index in [0.29, 0.717) is 11.1 Å². The molecular weight excluding hydrogens is 349 g/mol. The van der Waals surface area contributed by atoms with Gasteiger partial charge in [-0.1, -0.05) is 18.0 Å². The molecule has 134 valence electrons. The quantitative estimate of drug-likeness (QED) is 0.607. The molecule has 5 heteroatoms. The second-order valence-electron chi connectivity index (χ2n) is 6.91. The van der Waals surface area contributed by atoms with Crippen molar-refractivity contribution in [3.8, 4) is 17.1 Å². The highest BCUT2D eigenvalue weighted by atomic mass is 35.5. The van der Waals surface area contributed by atoms with Crippen LogP contribution in [0.4, 0.5) is 4.39 Å². The Balaban J connectivity index is 1.71. The average Bonchev–Trinajstić information content (AvgIpc) is 2.98. The fourth-order valence-electron chi connectivity index (χ4n) is 3.32. The van der Waals surface area contributed by atoms with Crippen molar-refractivity contribution < 1.29 is 4.39 Å². The highest BCUT2D eigenvalue weighted by Crippen LogP contribution is 2.27. The maximum absolute atomic E-state index is 13.3. The molecule has 4 rings (SSSR count). The maximum Gasteiger partial charge on any atom is 0.144 e. The van der Waals surface area contributed by atoms with E-state index in [1.54, 1.807) is 12.1 Å². The van der Waals surface area contributed by atoms with Crippen LogP contribution in [0.25, 0.3) is 17.1 Å². The number of nitrogens with zero attached hydrogens (tertiary/aromatic N) is 3. The fraction of sp³-hybridized carbons (Fsp3) is 0.286. The van der Waals surface area contributed by atoms with Crippen LogP contribution >= 0.6 is 11.6 Å². The second kappa shape index (κ2) is 7.22. The Morgan fingerprint density at radius 2 is 1.81 bits per heavy atom. The largest absolute Gasteiger partial charge is 0.299 e. The molecule has 0 radical (unpaired) electrons. The first-order chi connectivity index (χ1) is 12.6. The lowest BCUT2D eigenvalue weighted by Gasteiger charge is -2.34. The van der Waals surface area contributed by atoms with E-state index in [-0.39, 0.29) is 5.82 Å². The molecule has 3 nitrogen and oxygen atoms in total. The molecule has 0 amide bonds. The maximum atomic E-state index is 13.3. The zero-order chi connectivity index (χ0) is 18.1. The van der Waals surface area contributed by atoms with Gasteiger partial charge in [-0.15, -0.1) is 0 Å². The Labute approximate surface area is 158 Å². The summed E-state index contributed by atoms with van der Waals surface area (Å²) in [4.78, 5) is 7.22. The summed E-state index contributed by atoms with van der Waals surface area (Å²) in [5.74, 6) is 0.563. The molecule has 0 aliphatic heterocycles. The molecule has 1 heterocycles. The minimum Gasteiger partial charge on any atom is -0.299 e. The number of imidazole rings is 1. The summed E-state index contributed by atoms with van der Waals surface area (Å²) in [5, 5.41) is 0.696. The highest BCUT2D eigenvalue weighted by Gasteiger charge is 2.23. The van der Waals surface area contributed by atoms with Crippen molar-refractivity contribution in [2.24, 2.45) is 0 Å². The fourth-order valence-corrected chi connectivity index (χ4v) is 3.44. The van der Waals surface area contributed by atoms with Gasteiger partial charge in [0.05, 0.1) is 5.69 Å². The van der Waals surface area contributed by atoms with Crippen molar-refractivity contribution in [3.63, 3.8) is 0 Å². The molecule has 0 N–H and O–H groups in total. The Morgan fingerprint density at radius 1 is 1.12 bits per heavy atom. The molecule has 0 spiro atoms. The van der Waals surface area contributed by atoms with Crippen LogP contribution in [-0.4, -0.2) is 27.5 Å². The standard InChI is InChI=1S/C21H21ClFN3/c1-25(19-3-2-4-19)13-18-14-26(20-11-7-16(22)8-12-20)21(24-18)15-5-9-17(23)10-6-15/h5-12,14,19H,2-4,13H2,1H3. The molecule has 1 saturated carbocycles. The first-order valence-corrected chi connectivity index (χ1v) is 9.28. The van der Waals surface area contributed by atoms with Gasteiger partial charge in [0.15, 0.2) is 0 Å². The number of benzene rings is 2. The number of aromatic nitrogens is 2. The van der Waals surface area contributed by atoms with Gasteiger partial charge < -0.3 is 0 Å². The first kappa shape index (κ1) is 17.3. The summed E-state index contributed by atoms with van der Waals surface area (Å²) in [6.07, 6.45) is 5.91. The van der Waals surface area contributed by atoms with Crippen molar-refractivity contribution in [3.05, 3.63) is 71.3 Å². The topological polar surface area (TPSA) is 21.1 Å². The van der Waals surface area contributed by atoms with Crippen LogP contribution in [-0.2, 0) is 6.54 Å². The lowest BCUT2D eigenvalue weighted by Crippen LogP contribution is -2.36. The van der Waals surface area contributed by atoms with E-state index in [1.807, 2.05) is 28.8 Å². The van der Waals surface area contributed by atoms with Crippen LogP contribution in [0.1, 0.15) is 25.0 Å². The van der Waals surface area contributed by atoms with Crippen LogP contribution in [0, 0.1) is 5.82 Å². The summed E-state index contributed by atoms with van der Waals surface area (Å²) in [6.45, 7) is 0.805. The predicted octanol–water partition coefficient (Wildman–Crippen LogP) is 5.32. The van der Waals surface area contributed by atoms with Crippen LogP contribution < -0.4 is 0 Å². The Kier molecular flexibility index (Phi) is 4.79. The van der Waals surface area contributed by atoms with E-state index >= 15 is 0 Å². The lowest BCUT2D eigenvalue weighted by molar-refractivity contribution is 0.151. The summed E-state index contributed by atoms with van der Waals surface area (Å²) >= 11 is 6.03. The van der Waals surface area contributed by atoms with Crippen LogP contribution in [0.3, 0.4) is 0 Å². The lowest BCUT2D eigenvalue weighted by atomic mass is 9.92. The van der Waals surface area contributed by atoms with E-state index in [0.717, 1.165) is 29.3 Å². The normalized spacial score (nSPS) is 14.6. The summed E-state index contributed by atoms with van der Waals surface area (Å²) in [7, 11) is 2.16. The zero-order valence-electron chi connectivity index (χ0n) is 14.7. The number of halogens is 2. The average molecular weight is 370 g/mol. The highest BCUT2D eigenvalue weighted by molar-refractivity contribution is 6.30. The minimum absolute atomic E-state index is 0.247. The van der Waals surface area contributed by atoms with Crippen molar-refractivity contribution in [1.29, 1.82) is 0 Å². The van der Waals surface area contributed by atoms with E-state index in [1.165, 1.54) is 31.4 Å². The van der Waals surface area contributed by atoms with Crippen molar-refractivity contribution in [2.45, 2.75) is 31.8 Å². The molecule has 3 aromatic rings. The van der Waals surface area contributed by atoms with Crippen molar-refractivity contribution in [1.82, 2.24) is 14.5 Å². The van der Waals surface area contributed by atoms with Crippen LogP contribution in [0.15, 0.2) is 54.7 Å². The molecule has 2 aromatic carbocycles. The Bertz CT molecular complexity index is 820. The molecule has 0 bridgehead atoms. The third-order valence-electron chi connectivity index (χ3n) is 5.07. The molecule has 1 aromatic heterocycles. The number of rotatable bonds is 5. The number of hydrogen-bond donors (Lipinski definition) is 0. The van der Waals surface area contributed by atoms with E-state index in [9.17, 15) is 4.39 Å². The van der Waals surface area contributed by atoms with Gasteiger partial charge in [-0.25, -0.2) is 9.37 Å². The molecule has 0 saturated heterocycles. The van der Waals surface area contributed by atoms with Gasteiger partial charge >= 0.3 is 0 Å². The molecular formula is C21H21ClFN3. The second-order valence-corrected chi connectivity index (χ2v) is 7.35. The smallest absolute Gasteiger partial charge is 0.144 e. The predicted molar refractivity (Wildman–Crippen MR) is 103 cm³/mol. The molecule has 0 atom stereocenters. The summed E-state index contributed by atoms with van der Waals surface area (Å²) < 4.78 is 15.4. The number of hydrogen-bond acceptors (Lipinski definition) is 2. The van der Waals surface area contributed by atoms with Gasteiger partial charge in [-0.3, -0.25) is 9.47 Å². The first-order valence-electron chi connectivity index (χ1n) is 8.90. The van der Waals surface area contributed by atoms with Gasteiger partial charge in [0.25, 0.3) is 0 Å². The SMILES string of the molecule is CN(Cc1cn(-c2ccc(Cl)cc2)c(-c2ccc(F)cc2)n1)C1CCC1. The van der Waals surface area contributed by atoms with Crippen LogP contribution in [0.5, 0.6) is 0 Å². The zero-order valence-corrected chi connectivity index (χ0v) is 15.5. The molecule has 26 heavy (non-hydrogen) atoms. The summed E-state index contributed by atoms with van der Waals surface area (Å²) in [6, 6.07) is 14.8. The van der Waals surface area contributed by atoms with E-state index < -0.39 is 0 Å². The third-order valence-corrected chi connectivity index (χ3v) is 5.32. The summed E-state index contributed by atoms with van der Waals surface area (Å²) in [5.41, 5.74) is 2.88. The minimum atomic E-state index is -0.247. The molecule has 0 unspecified atom stereocenters. The Morgan fingerprint density at radius 3 is 2.42 bits per heavy atom. The van der Waals surface area contributed by atoms with E-state index in [4.69, 9.17) is 16.6 Å². The van der Waals surface area contributed by atoms with Gasteiger partial charge in [-0.05, 0) is 68.4 Å². The van der Waals surface area contributed by atoms with Crippen LogP contribution in [0.2, 0.25) is 5.02 Å². The van der Waals surface area contributed by atoms with Crippen molar-refractivity contribution >= 4 is 11.6 Å². The van der Waals surface area contributed by atoms with Crippen molar-refractivity contribution in [2.75, 3.05) is 7.05 Å². The van der Waals surface area contributed by atoms with Gasteiger partial charge in [-0.2, -0.15) is 0 Å². The monoisotopic (exact) mass is 369 g/mol.